The van der Waals surface area contributed by atoms with Gasteiger partial charge in [-0.15, -0.1) is 0 Å². The Morgan fingerprint density at radius 1 is 1.36 bits per heavy atom. The Kier molecular flexibility index (Phi) is 5.31. The maximum Gasteiger partial charge on any atom is 0.268 e. The molecule has 1 atom stereocenters. The molecule has 134 valence electrons. The largest absolute Gasteiger partial charge is 0.370 e. The molecule has 1 N–H and O–H groups in total. The van der Waals surface area contributed by atoms with Crippen LogP contribution in [-0.2, 0) is 13.5 Å². The summed E-state index contributed by atoms with van der Waals surface area (Å²) in [6.07, 6.45) is 6.85. The lowest BCUT2D eigenvalue weighted by Gasteiger charge is -2.19. The quantitative estimate of drug-likeness (QED) is 0.862. The van der Waals surface area contributed by atoms with E-state index in [1.807, 2.05) is 13.1 Å². The summed E-state index contributed by atoms with van der Waals surface area (Å²) in [7, 11) is 1.67. The highest BCUT2D eigenvalue weighted by molar-refractivity contribution is 5.45. The molecule has 0 radical (unpaired) electrons. The first-order valence-electron chi connectivity index (χ1n) is 8.91. The maximum atomic E-state index is 11.8. The SMILES string of the molecule is CCCc1cnc(C)nc1NC[C@@H]1CCN(c2cnn(C)c(=O)c2)C1. The number of hydrogen-bond acceptors (Lipinski definition) is 6. The summed E-state index contributed by atoms with van der Waals surface area (Å²) in [5, 5.41) is 7.63. The zero-order valence-electron chi connectivity index (χ0n) is 15.2. The first-order valence-corrected chi connectivity index (χ1v) is 8.91. The molecule has 3 heterocycles. The average Bonchev–Trinajstić information content (AvgIpc) is 3.06. The van der Waals surface area contributed by atoms with E-state index in [0.717, 1.165) is 56.2 Å². The van der Waals surface area contributed by atoms with Gasteiger partial charge in [0.1, 0.15) is 11.6 Å². The summed E-state index contributed by atoms with van der Waals surface area (Å²) in [5.74, 6) is 2.28. The van der Waals surface area contributed by atoms with Gasteiger partial charge in [0.25, 0.3) is 5.56 Å². The molecule has 7 heteroatoms. The minimum atomic E-state index is -0.0697. The monoisotopic (exact) mass is 342 g/mol. The Balaban J connectivity index is 1.61. The van der Waals surface area contributed by atoms with Crippen molar-refractivity contribution in [3.05, 3.63) is 40.2 Å². The molecule has 0 amide bonds. The van der Waals surface area contributed by atoms with Crippen molar-refractivity contribution in [1.82, 2.24) is 19.7 Å². The van der Waals surface area contributed by atoms with Crippen LogP contribution in [0.2, 0.25) is 0 Å². The van der Waals surface area contributed by atoms with E-state index in [-0.39, 0.29) is 5.56 Å². The molecule has 2 aromatic rings. The van der Waals surface area contributed by atoms with Crippen LogP contribution in [0.5, 0.6) is 0 Å². The number of nitrogens with one attached hydrogen (secondary N) is 1. The smallest absolute Gasteiger partial charge is 0.268 e. The molecule has 0 unspecified atom stereocenters. The van der Waals surface area contributed by atoms with Gasteiger partial charge in [-0.05, 0) is 25.7 Å². The lowest BCUT2D eigenvalue weighted by atomic mass is 10.1. The van der Waals surface area contributed by atoms with Crippen LogP contribution in [0.3, 0.4) is 0 Å². The van der Waals surface area contributed by atoms with E-state index in [1.54, 1.807) is 19.3 Å². The third-order valence-electron chi connectivity index (χ3n) is 4.67. The van der Waals surface area contributed by atoms with Crippen molar-refractivity contribution in [2.24, 2.45) is 13.0 Å². The number of rotatable bonds is 6. The molecule has 0 spiro atoms. The highest BCUT2D eigenvalue weighted by atomic mass is 16.1. The minimum Gasteiger partial charge on any atom is -0.370 e. The fourth-order valence-corrected chi connectivity index (χ4v) is 3.21. The third kappa shape index (κ3) is 4.15. The molecule has 7 nitrogen and oxygen atoms in total. The number of hydrogen-bond donors (Lipinski definition) is 1. The van der Waals surface area contributed by atoms with Gasteiger partial charge in [0, 0.05) is 44.5 Å². The van der Waals surface area contributed by atoms with Crippen LogP contribution < -0.4 is 15.8 Å². The second-order valence-electron chi connectivity index (χ2n) is 6.70. The topological polar surface area (TPSA) is 75.9 Å². The summed E-state index contributed by atoms with van der Waals surface area (Å²) in [5.41, 5.74) is 2.02. The molecule has 25 heavy (non-hydrogen) atoms. The van der Waals surface area contributed by atoms with Crippen molar-refractivity contribution in [2.45, 2.75) is 33.1 Å². The van der Waals surface area contributed by atoms with Crippen molar-refractivity contribution < 1.29 is 0 Å². The van der Waals surface area contributed by atoms with Gasteiger partial charge in [-0.2, -0.15) is 5.10 Å². The molecule has 0 bridgehead atoms. The van der Waals surface area contributed by atoms with Crippen molar-refractivity contribution in [3.63, 3.8) is 0 Å². The van der Waals surface area contributed by atoms with Gasteiger partial charge in [-0.25, -0.2) is 14.6 Å². The fraction of sp³-hybridized carbons (Fsp3) is 0.556. The molecule has 1 aliphatic rings. The molecule has 1 aliphatic heterocycles. The molecular formula is C18H26N6O. The molecule has 0 aromatic carbocycles. The average molecular weight is 342 g/mol. The molecule has 0 aliphatic carbocycles. The van der Waals surface area contributed by atoms with Crippen molar-refractivity contribution >= 4 is 11.5 Å². The number of nitrogens with zero attached hydrogens (tertiary/aromatic N) is 5. The van der Waals surface area contributed by atoms with E-state index in [9.17, 15) is 4.79 Å². The van der Waals surface area contributed by atoms with E-state index < -0.39 is 0 Å². The van der Waals surface area contributed by atoms with Crippen LogP contribution in [0.4, 0.5) is 11.5 Å². The Bertz CT molecular complexity index is 787. The lowest BCUT2D eigenvalue weighted by molar-refractivity contribution is 0.619. The van der Waals surface area contributed by atoms with Gasteiger partial charge in [-0.1, -0.05) is 13.3 Å². The zero-order valence-corrected chi connectivity index (χ0v) is 15.2. The number of anilines is 2. The molecule has 3 rings (SSSR count). The van der Waals surface area contributed by atoms with Crippen LogP contribution >= 0.6 is 0 Å². The summed E-state index contributed by atoms with van der Waals surface area (Å²) in [6, 6.07) is 1.66. The Morgan fingerprint density at radius 2 is 2.20 bits per heavy atom. The van der Waals surface area contributed by atoms with Crippen molar-refractivity contribution in [3.8, 4) is 0 Å². The highest BCUT2D eigenvalue weighted by Gasteiger charge is 2.23. The number of aryl methyl sites for hydroxylation is 3. The maximum absolute atomic E-state index is 11.8. The van der Waals surface area contributed by atoms with Crippen LogP contribution in [0, 0.1) is 12.8 Å². The molecular weight excluding hydrogens is 316 g/mol. The summed E-state index contributed by atoms with van der Waals surface area (Å²) in [4.78, 5) is 22.9. The minimum absolute atomic E-state index is 0.0697. The van der Waals surface area contributed by atoms with Crippen LogP contribution in [0.15, 0.2) is 23.3 Å². The molecule has 2 aromatic heterocycles. The number of aromatic nitrogens is 4. The van der Waals surface area contributed by atoms with Crippen molar-refractivity contribution in [2.75, 3.05) is 29.9 Å². The predicted molar refractivity (Wildman–Crippen MR) is 99.1 cm³/mol. The first-order chi connectivity index (χ1) is 12.1. The van der Waals surface area contributed by atoms with E-state index in [0.29, 0.717) is 5.92 Å². The Labute approximate surface area is 148 Å². The van der Waals surface area contributed by atoms with Gasteiger partial charge >= 0.3 is 0 Å². The van der Waals surface area contributed by atoms with Gasteiger partial charge in [0.2, 0.25) is 0 Å². The summed E-state index contributed by atoms with van der Waals surface area (Å²) < 4.78 is 1.35. The van der Waals surface area contributed by atoms with Crippen LogP contribution in [0.1, 0.15) is 31.2 Å². The zero-order chi connectivity index (χ0) is 17.8. The fourth-order valence-electron chi connectivity index (χ4n) is 3.21. The van der Waals surface area contributed by atoms with Crippen LogP contribution in [0.25, 0.3) is 0 Å². The van der Waals surface area contributed by atoms with E-state index in [1.165, 1.54) is 10.2 Å². The van der Waals surface area contributed by atoms with Crippen LogP contribution in [-0.4, -0.2) is 39.4 Å². The second kappa shape index (κ2) is 7.63. The summed E-state index contributed by atoms with van der Waals surface area (Å²) >= 11 is 0. The lowest BCUT2D eigenvalue weighted by Crippen LogP contribution is -2.26. The van der Waals surface area contributed by atoms with E-state index in [4.69, 9.17) is 0 Å². The Morgan fingerprint density at radius 3 is 2.96 bits per heavy atom. The molecule has 0 saturated carbocycles. The van der Waals surface area contributed by atoms with E-state index >= 15 is 0 Å². The predicted octanol–water partition coefficient (Wildman–Crippen LogP) is 1.77. The van der Waals surface area contributed by atoms with Gasteiger partial charge in [0.05, 0.1) is 11.9 Å². The third-order valence-corrected chi connectivity index (χ3v) is 4.67. The standard InChI is InChI=1S/C18H26N6O/c1-4-5-15-10-19-13(2)22-18(15)20-9-14-6-7-24(12-14)16-8-17(25)23(3)21-11-16/h8,10-11,14H,4-7,9,12H2,1-3H3,(H,19,20,22)/t14-/m0/s1. The van der Waals surface area contributed by atoms with E-state index in [2.05, 4.69) is 32.2 Å². The molecule has 1 fully saturated rings. The van der Waals surface area contributed by atoms with Gasteiger partial charge in [0.15, 0.2) is 0 Å². The van der Waals surface area contributed by atoms with Gasteiger partial charge < -0.3 is 10.2 Å². The first kappa shape index (κ1) is 17.4. The molecule has 1 saturated heterocycles. The van der Waals surface area contributed by atoms with Gasteiger partial charge in [-0.3, -0.25) is 4.79 Å². The Hall–Kier alpha value is -2.44. The summed E-state index contributed by atoms with van der Waals surface area (Å²) in [6.45, 7) is 6.83. The highest BCUT2D eigenvalue weighted by Crippen LogP contribution is 2.23. The second-order valence-corrected chi connectivity index (χ2v) is 6.70. The normalized spacial score (nSPS) is 17.1. The van der Waals surface area contributed by atoms with Crippen molar-refractivity contribution in [1.29, 1.82) is 0 Å².